The van der Waals surface area contributed by atoms with E-state index in [9.17, 15) is 9.59 Å². The monoisotopic (exact) mass is 341 g/mol. The number of hydrogen-bond donors (Lipinski definition) is 2. The van der Waals surface area contributed by atoms with Gasteiger partial charge in [-0.2, -0.15) is 0 Å². The van der Waals surface area contributed by atoms with E-state index in [-0.39, 0.29) is 12.0 Å². The maximum absolute atomic E-state index is 12.0. The molecular weight excluding hydrogens is 314 g/mol. The lowest BCUT2D eigenvalue weighted by molar-refractivity contribution is -0.114. The van der Waals surface area contributed by atoms with Crippen molar-refractivity contribution >= 4 is 29.0 Å². The number of carbonyl (C=O) groups is 2. The van der Waals surface area contributed by atoms with E-state index in [1.165, 1.54) is 6.92 Å². The SMILES string of the molecule is CCN(CCNCc1sccc1NC(C)=O)C(=O)OC(C)(C)C. The molecule has 0 spiro atoms. The second kappa shape index (κ2) is 8.88. The van der Waals surface area contributed by atoms with Crippen LogP contribution in [0.25, 0.3) is 0 Å². The van der Waals surface area contributed by atoms with Crippen LogP contribution in [0.5, 0.6) is 0 Å². The van der Waals surface area contributed by atoms with Crippen LogP contribution in [0.1, 0.15) is 39.5 Å². The molecule has 0 fully saturated rings. The second-order valence-electron chi connectivity index (χ2n) is 6.18. The quantitative estimate of drug-likeness (QED) is 0.748. The minimum absolute atomic E-state index is 0.0771. The van der Waals surface area contributed by atoms with Crippen LogP contribution >= 0.6 is 11.3 Å². The molecule has 1 aromatic heterocycles. The minimum Gasteiger partial charge on any atom is -0.444 e. The third-order valence-corrected chi connectivity index (χ3v) is 3.85. The molecule has 0 atom stereocenters. The van der Waals surface area contributed by atoms with Gasteiger partial charge in [0.2, 0.25) is 5.91 Å². The van der Waals surface area contributed by atoms with Crippen LogP contribution in [-0.4, -0.2) is 42.1 Å². The summed E-state index contributed by atoms with van der Waals surface area (Å²) in [7, 11) is 0. The van der Waals surface area contributed by atoms with Crippen LogP contribution in [-0.2, 0) is 16.1 Å². The highest BCUT2D eigenvalue weighted by atomic mass is 32.1. The zero-order valence-electron chi connectivity index (χ0n) is 14.6. The van der Waals surface area contributed by atoms with Crippen LogP contribution in [0.15, 0.2) is 11.4 Å². The van der Waals surface area contributed by atoms with Crippen molar-refractivity contribution in [1.82, 2.24) is 10.2 Å². The number of rotatable bonds is 7. The average Bonchev–Trinajstić information content (AvgIpc) is 2.83. The lowest BCUT2D eigenvalue weighted by Gasteiger charge is -2.26. The molecule has 0 saturated heterocycles. The number of thiophene rings is 1. The fourth-order valence-corrected chi connectivity index (χ4v) is 2.70. The first-order valence-corrected chi connectivity index (χ1v) is 8.63. The van der Waals surface area contributed by atoms with Gasteiger partial charge in [0.05, 0.1) is 5.69 Å². The van der Waals surface area contributed by atoms with E-state index >= 15 is 0 Å². The van der Waals surface area contributed by atoms with Crippen molar-refractivity contribution in [3.8, 4) is 0 Å². The minimum atomic E-state index is -0.484. The molecule has 23 heavy (non-hydrogen) atoms. The van der Waals surface area contributed by atoms with Gasteiger partial charge in [-0.05, 0) is 39.1 Å². The van der Waals surface area contributed by atoms with E-state index in [4.69, 9.17) is 4.74 Å². The van der Waals surface area contributed by atoms with Crippen molar-refractivity contribution in [1.29, 1.82) is 0 Å². The lowest BCUT2D eigenvalue weighted by atomic mass is 10.2. The summed E-state index contributed by atoms with van der Waals surface area (Å²) in [6, 6.07) is 1.89. The number of nitrogens with one attached hydrogen (secondary N) is 2. The number of hydrogen-bond acceptors (Lipinski definition) is 5. The first kappa shape index (κ1) is 19.4. The summed E-state index contributed by atoms with van der Waals surface area (Å²) in [5.74, 6) is -0.0771. The second-order valence-corrected chi connectivity index (χ2v) is 7.18. The molecule has 1 rings (SSSR count). The molecule has 0 aliphatic rings. The van der Waals surface area contributed by atoms with Crippen LogP contribution in [0, 0.1) is 0 Å². The number of likely N-dealkylation sites (N-methyl/N-ethyl adjacent to an activating group) is 1. The molecule has 0 bridgehead atoms. The number of nitrogens with zero attached hydrogens (tertiary/aromatic N) is 1. The van der Waals surface area contributed by atoms with Gasteiger partial charge >= 0.3 is 6.09 Å². The van der Waals surface area contributed by atoms with Gasteiger partial charge in [0.15, 0.2) is 0 Å². The molecule has 0 saturated carbocycles. The number of ether oxygens (including phenoxy) is 1. The number of anilines is 1. The Morgan fingerprint density at radius 2 is 2.04 bits per heavy atom. The smallest absolute Gasteiger partial charge is 0.410 e. The van der Waals surface area contributed by atoms with Gasteiger partial charge < -0.3 is 20.3 Å². The van der Waals surface area contributed by atoms with Gasteiger partial charge in [0.1, 0.15) is 5.60 Å². The van der Waals surface area contributed by atoms with Gasteiger partial charge in [0, 0.05) is 38.0 Å². The van der Waals surface area contributed by atoms with E-state index in [1.807, 2.05) is 39.1 Å². The van der Waals surface area contributed by atoms with Crippen molar-refractivity contribution in [3.05, 3.63) is 16.3 Å². The van der Waals surface area contributed by atoms with E-state index < -0.39 is 5.60 Å². The standard InChI is InChI=1S/C16H27N3O3S/c1-6-19(15(21)22-16(3,4)5)9-8-17-11-14-13(7-10-23-14)18-12(2)20/h7,10,17H,6,8-9,11H2,1-5H3,(H,18,20). The highest BCUT2D eigenvalue weighted by Crippen LogP contribution is 2.21. The van der Waals surface area contributed by atoms with E-state index in [1.54, 1.807) is 16.2 Å². The molecule has 2 amide bonds. The summed E-state index contributed by atoms with van der Waals surface area (Å²) in [5, 5.41) is 8.04. The Hall–Kier alpha value is -1.60. The molecule has 1 heterocycles. The molecular formula is C16H27N3O3S. The predicted octanol–water partition coefficient (Wildman–Crippen LogP) is 3.05. The lowest BCUT2D eigenvalue weighted by Crippen LogP contribution is -2.40. The summed E-state index contributed by atoms with van der Waals surface area (Å²) in [6.45, 7) is 11.5. The maximum atomic E-state index is 12.0. The first-order valence-electron chi connectivity index (χ1n) is 7.75. The number of amides is 2. The van der Waals surface area contributed by atoms with Gasteiger partial charge in [0.25, 0.3) is 0 Å². The molecule has 2 N–H and O–H groups in total. The van der Waals surface area contributed by atoms with Gasteiger partial charge in [-0.15, -0.1) is 11.3 Å². The van der Waals surface area contributed by atoms with E-state index in [2.05, 4.69) is 10.6 Å². The highest BCUT2D eigenvalue weighted by Gasteiger charge is 2.20. The Kier molecular flexibility index (Phi) is 7.51. The summed E-state index contributed by atoms with van der Waals surface area (Å²) >= 11 is 1.59. The van der Waals surface area contributed by atoms with Gasteiger partial charge in [-0.1, -0.05) is 0 Å². The van der Waals surface area contributed by atoms with E-state index in [0.717, 1.165) is 10.6 Å². The fraction of sp³-hybridized carbons (Fsp3) is 0.625. The molecule has 0 aliphatic carbocycles. The summed E-state index contributed by atoms with van der Waals surface area (Å²) in [5.41, 5.74) is 0.358. The summed E-state index contributed by atoms with van der Waals surface area (Å²) < 4.78 is 5.37. The number of carbonyl (C=O) groups excluding carboxylic acids is 2. The van der Waals surface area contributed by atoms with Crippen LogP contribution in [0.3, 0.4) is 0 Å². The fourth-order valence-electron chi connectivity index (χ4n) is 1.90. The Morgan fingerprint density at radius 3 is 2.61 bits per heavy atom. The van der Waals surface area contributed by atoms with Crippen molar-refractivity contribution in [2.45, 2.75) is 46.8 Å². The maximum Gasteiger partial charge on any atom is 0.410 e. The Morgan fingerprint density at radius 1 is 1.35 bits per heavy atom. The van der Waals surface area contributed by atoms with Crippen molar-refractivity contribution < 1.29 is 14.3 Å². The zero-order chi connectivity index (χ0) is 17.5. The Balaban J connectivity index is 2.39. The molecule has 0 unspecified atom stereocenters. The first-order chi connectivity index (χ1) is 10.7. The normalized spacial score (nSPS) is 11.2. The molecule has 6 nitrogen and oxygen atoms in total. The molecule has 0 radical (unpaired) electrons. The molecule has 130 valence electrons. The van der Waals surface area contributed by atoms with Crippen molar-refractivity contribution in [3.63, 3.8) is 0 Å². The topological polar surface area (TPSA) is 70.7 Å². The summed E-state index contributed by atoms with van der Waals surface area (Å²) in [4.78, 5) is 25.9. The molecule has 1 aromatic rings. The molecule has 7 heteroatoms. The van der Waals surface area contributed by atoms with Crippen LogP contribution in [0.2, 0.25) is 0 Å². The third kappa shape index (κ3) is 7.47. The highest BCUT2D eigenvalue weighted by molar-refractivity contribution is 7.10. The largest absolute Gasteiger partial charge is 0.444 e. The van der Waals surface area contributed by atoms with Gasteiger partial charge in [-0.25, -0.2) is 4.79 Å². The average molecular weight is 341 g/mol. The van der Waals surface area contributed by atoms with Crippen LogP contribution < -0.4 is 10.6 Å². The zero-order valence-corrected chi connectivity index (χ0v) is 15.4. The van der Waals surface area contributed by atoms with Gasteiger partial charge in [-0.3, -0.25) is 4.79 Å². The Bertz CT molecular complexity index is 523. The molecule has 0 aliphatic heterocycles. The Labute approximate surface area is 142 Å². The third-order valence-electron chi connectivity index (χ3n) is 2.93. The van der Waals surface area contributed by atoms with Crippen molar-refractivity contribution in [2.75, 3.05) is 25.0 Å². The molecule has 0 aromatic carbocycles. The summed E-state index contributed by atoms with van der Waals surface area (Å²) in [6.07, 6.45) is -0.295. The van der Waals surface area contributed by atoms with Crippen molar-refractivity contribution in [2.24, 2.45) is 0 Å². The van der Waals surface area contributed by atoms with Crippen LogP contribution in [0.4, 0.5) is 10.5 Å². The van der Waals surface area contributed by atoms with E-state index in [0.29, 0.717) is 26.2 Å². The predicted molar refractivity (Wildman–Crippen MR) is 93.8 cm³/mol.